The van der Waals surface area contributed by atoms with Gasteiger partial charge in [-0.2, -0.15) is 5.10 Å². The Kier molecular flexibility index (Phi) is 6.00. The third-order valence-corrected chi connectivity index (χ3v) is 6.57. The van der Waals surface area contributed by atoms with Crippen LogP contribution >= 0.6 is 11.3 Å². The van der Waals surface area contributed by atoms with Crippen LogP contribution in [-0.4, -0.2) is 25.7 Å². The van der Waals surface area contributed by atoms with Gasteiger partial charge in [-0.3, -0.25) is 9.48 Å². The number of nitrogens with zero attached hydrogens (tertiary/aromatic N) is 4. The van der Waals surface area contributed by atoms with Crippen molar-refractivity contribution in [3.8, 4) is 23.0 Å². The number of rotatable bonds is 4. The van der Waals surface area contributed by atoms with E-state index in [1.165, 1.54) is 12.4 Å². The highest BCUT2D eigenvalue weighted by Crippen LogP contribution is 2.36. The fourth-order valence-electron chi connectivity index (χ4n) is 3.89. The van der Waals surface area contributed by atoms with Crippen molar-refractivity contribution in [2.75, 3.05) is 5.73 Å². The van der Waals surface area contributed by atoms with Gasteiger partial charge in [0.1, 0.15) is 5.69 Å². The van der Waals surface area contributed by atoms with Gasteiger partial charge < -0.3 is 11.1 Å². The molecule has 0 aliphatic heterocycles. The molecule has 5 aromatic rings. The number of carbonyl (C=O) groups excluding carboxylic acids is 1. The minimum atomic E-state index is -0.365. The number of anilines is 1. The number of hydrogen-bond acceptors (Lipinski definition) is 6. The zero-order valence-corrected chi connectivity index (χ0v) is 20.0. The van der Waals surface area contributed by atoms with Gasteiger partial charge in [-0.1, -0.05) is 36.3 Å². The number of aromatic nitrogens is 4. The highest BCUT2D eigenvalue weighted by Gasteiger charge is 2.20. The smallest absolute Gasteiger partial charge is 0.274 e. The highest BCUT2D eigenvalue weighted by molar-refractivity contribution is 7.17. The molecule has 0 spiro atoms. The lowest BCUT2D eigenvalue weighted by molar-refractivity contribution is 0.0935. The Labute approximate surface area is 206 Å². The van der Waals surface area contributed by atoms with Crippen LogP contribution in [0.5, 0.6) is 0 Å². The summed E-state index contributed by atoms with van der Waals surface area (Å²) in [4.78, 5) is 20.9. The third-order valence-electron chi connectivity index (χ3n) is 5.63. The molecule has 8 heteroatoms. The topological polar surface area (TPSA) is 98.7 Å². The molecule has 0 unspecified atom stereocenters. The van der Waals surface area contributed by atoms with E-state index in [1.54, 1.807) is 16.0 Å². The molecule has 0 radical (unpaired) electrons. The van der Waals surface area contributed by atoms with Gasteiger partial charge in [0.25, 0.3) is 5.91 Å². The zero-order chi connectivity index (χ0) is 24.4. The summed E-state index contributed by atoms with van der Waals surface area (Å²) >= 11 is 1.62. The second kappa shape index (κ2) is 9.41. The fraction of sp³-hybridized carbons (Fsp3) is 0.111. The van der Waals surface area contributed by atoms with Crippen molar-refractivity contribution < 1.29 is 4.79 Å². The molecule has 5 rings (SSSR count). The molecule has 0 aliphatic carbocycles. The van der Waals surface area contributed by atoms with Crippen LogP contribution in [0.2, 0.25) is 0 Å². The van der Waals surface area contributed by atoms with Gasteiger partial charge in [0.2, 0.25) is 0 Å². The van der Waals surface area contributed by atoms with Gasteiger partial charge in [-0.15, -0.1) is 11.3 Å². The summed E-state index contributed by atoms with van der Waals surface area (Å²) in [6.45, 7) is 1.95. The first-order valence-electron chi connectivity index (χ1n) is 11.0. The molecule has 172 valence electrons. The van der Waals surface area contributed by atoms with Gasteiger partial charge in [0.15, 0.2) is 11.5 Å². The monoisotopic (exact) mass is 478 g/mol. The van der Waals surface area contributed by atoms with Gasteiger partial charge >= 0.3 is 0 Å². The van der Waals surface area contributed by atoms with Crippen LogP contribution in [0.4, 0.5) is 5.82 Å². The summed E-state index contributed by atoms with van der Waals surface area (Å²) in [5.41, 5.74) is 10.7. The predicted octanol–water partition coefficient (Wildman–Crippen LogP) is 4.56. The SMILES string of the molecule is C[C@@H](NC(=O)c1nccnc1N)c1cc2scc(C#Cc3ccn(C)n3)c2cc1-c1ccccc1. The number of benzene rings is 2. The van der Waals surface area contributed by atoms with Crippen molar-refractivity contribution >= 4 is 33.1 Å². The molecule has 7 nitrogen and oxygen atoms in total. The quantitative estimate of drug-likeness (QED) is 0.369. The van der Waals surface area contributed by atoms with E-state index in [-0.39, 0.29) is 23.5 Å². The Balaban J connectivity index is 1.56. The summed E-state index contributed by atoms with van der Waals surface area (Å²) in [6, 6.07) is 16.0. The molecule has 0 aliphatic rings. The Morgan fingerprint density at radius 2 is 1.91 bits per heavy atom. The summed E-state index contributed by atoms with van der Waals surface area (Å²) in [6.07, 6.45) is 4.79. The van der Waals surface area contributed by atoms with Crippen LogP contribution in [-0.2, 0) is 7.05 Å². The molecular weight excluding hydrogens is 456 g/mol. The number of carbonyl (C=O) groups is 1. The lowest BCUT2D eigenvalue weighted by Crippen LogP contribution is -2.28. The molecular formula is C27H22N6OS. The first-order valence-corrected chi connectivity index (χ1v) is 11.9. The number of nitrogens with two attached hydrogens (primary N) is 1. The Morgan fingerprint density at radius 3 is 2.66 bits per heavy atom. The number of aryl methyl sites for hydroxylation is 1. The first-order chi connectivity index (χ1) is 17.0. The van der Waals surface area contributed by atoms with Gasteiger partial charge in [-0.25, -0.2) is 9.97 Å². The summed E-state index contributed by atoms with van der Waals surface area (Å²) in [5.74, 6) is 6.16. The maximum Gasteiger partial charge on any atom is 0.274 e. The van der Waals surface area contributed by atoms with Crippen LogP contribution in [0.25, 0.3) is 21.2 Å². The Hall–Kier alpha value is -4.48. The average molecular weight is 479 g/mol. The van der Waals surface area contributed by atoms with E-state index in [0.717, 1.165) is 38.0 Å². The van der Waals surface area contributed by atoms with Crippen LogP contribution < -0.4 is 11.1 Å². The number of fused-ring (bicyclic) bond motifs is 1. The Bertz CT molecular complexity index is 1590. The van der Waals surface area contributed by atoms with Gasteiger partial charge in [-0.05, 0) is 47.7 Å². The summed E-state index contributed by atoms with van der Waals surface area (Å²) in [5, 5.41) is 10.5. The van der Waals surface area contributed by atoms with E-state index in [9.17, 15) is 4.79 Å². The average Bonchev–Trinajstić information content (AvgIpc) is 3.47. The molecule has 3 N–H and O–H groups in total. The van der Waals surface area contributed by atoms with E-state index in [1.807, 2.05) is 44.4 Å². The number of thiophene rings is 1. The van der Waals surface area contributed by atoms with Crippen molar-refractivity contribution in [3.63, 3.8) is 0 Å². The van der Waals surface area contributed by atoms with Crippen molar-refractivity contribution in [1.29, 1.82) is 0 Å². The van der Waals surface area contributed by atoms with Crippen molar-refractivity contribution in [2.24, 2.45) is 7.05 Å². The van der Waals surface area contributed by atoms with E-state index < -0.39 is 0 Å². The van der Waals surface area contributed by atoms with E-state index in [0.29, 0.717) is 0 Å². The second-order valence-corrected chi connectivity index (χ2v) is 8.97. The van der Waals surface area contributed by atoms with E-state index >= 15 is 0 Å². The Morgan fingerprint density at radius 1 is 1.11 bits per heavy atom. The van der Waals surface area contributed by atoms with E-state index in [4.69, 9.17) is 5.73 Å². The number of nitrogen functional groups attached to an aromatic ring is 1. The molecule has 0 saturated carbocycles. The van der Waals surface area contributed by atoms with Gasteiger partial charge in [0.05, 0.1) is 6.04 Å². The largest absolute Gasteiger partial charge is 0.382 e. The van der Waals surface area contributed by atoms with Gasteiger partial charge in [0, 0.05) is 46.7 Å². The zero-order valence-electron chi connectivity index (χ0n) is 19.2. The summed E-state index contributed by atoms with van der Waals surface area (Å²) < 4.78 is 2.82. The van der Waals surface area contributed by atoms with Crippen LogP contribution in [0.15, 0.2) is 72.5 Å². The molecule has 3 heterocycles. The molecule has 0 fully saturated rings. The fourth-order valence-corrected chi connectivity index (χ4v) is 4.81. The minimum Gasteiger partial charge on any atom is -0.382 e. The van der Waals surface area contributed by atoms with Crippen LogP contribution in [0.3, 0.4) is 0 Å². The number of nitrogens with one attached hydrogen (secondary N) is 1. The van der Waals surface area contributed by atoms with Crippen molar-refractivity contribution in [3.05, 3.63) is 95.0 Å². The van der Waals surface area contributed by atoms with Crippen LogP contribution in [0, 0.1) is 11.8 Å². The molecule has 2 aromatic carbocycles. The normalized spacial score (nSPS) is 11.6. The lowest BCUT2D eigenvalue weighted by Gasteiger charge is -2.19. The maximum absolute atomic E-state index is 12.9. The predicted molar refractivity (Wildman–Crippen MR) is 139 cm³/mol. The number of hydrogen-bond donors (Lipinski definition) is 2. The van der Waals surface area contributed by atoms with Crippen molar-refractivity contribution in [1.82, 2.24) is 25.1 Å². The molecule has 0 bridgehead atoms. The standard InChI is InChI=1S/C27H22N6OS/c1-17(31-27(34)25-26(28)30-12-11-29-25)21-15-24-23(14-22(21)18-6-4-3-5-7-18)19(16-35-24)8-9-20-10-13-33(2)32-20/h3-7,10-17H,1-2H3,(H2,28,30)(H,31,34)/t17-/m1/s1. The van der Waals surface area contributed by atoms with Crippen LogP contribution in [0.1, 0.15) is 40.3 Å². The molecule has 0 saturated heterocycles. The van der Waals surface area contributed by atoms with E-state index in [2.05, 4.69) is 61.9 Å². The second-order valence-electron chi connectivity index (χ2n) is 8.06. The molecule has 1 amide bonds. The lowest BCUT2D eigenvalue weighted by atomic mass is 9.93. The highest BCUT2D eigenvalue weighted by atomic mass is 32.1. The molecule has 1 atom stereocenters. The van der Waals surface area contributed by atoms with Crippen molar-refractivity contribution in [2.45, 2.75) is 13.0 Å². The summed E-state index contributed by atoms with van der Waals surface area (Å²) in [7, 11) is 1.87. The maximum atomic E-state index is 12.9. The third kappa shape index (κ3) is 4.63. The minimum absolute atomic E-state index is 0.102. The number of amides is 1. The first kappa shape index (κ1) is 22.3. The molecule has 3 aromatic heterocycles. The molecule has 35 heavy (non-hydrogen) atoms.